The molecule has 7 heteroatoms. The lowest BCUT2D eigenvalue weighted by Crippen LogP contribution is -2.55. The van der Waals surface area contributed by atoms with Crippen LogP contribution in [0.4, 0.5) is 17.1 Å². The zero-order chi connectivity index (χ0) is 41.8. The second-order valence-corrected chi connectivity index (χ2v) is 21.0. The minimum absolute atomic E-state index is 0.556. The van der Waals surface area contributed by atoms with E-state index in [1.807, 2.05) is 32.1 Å². The molecule has 0 spiro atoms. The van der Waals surface area contributed by atoms with Crippen LogP contribution in [0.15, 0.2) is 127 Å². The van der Waals surface area contributed by atoms with E-state index in [0.29, 0.717) is 19.8 Å². The number of nitrogens with zero attached hydrogens (tertiary/aromatic N) is 1. The smallest absolute Gasteiger partial charge is 0.370 e. The van der Waals surface area contributed by atoms with Crippen molar-refractivity contribution in [1.29, 1.82) is 0 Å². The summed E-state index contributed by atoms with van der Waals surface area (Å²) in [5, 5.41) is 0. The molecule has 0 bridgehead atoms. The van der Waals surface area contributed by atoms with Gasteiger partial charge in [-0.05, 0) is 169 Å². The van der Waals surface area contributed by atoms with Crippen molar-refractivity contribution in [3.05, 3.63) is 165 Å². The maximum Gasteiger partial charge on any atom is 0.547 e. The first-order valence-electron chi connectivity index (χ1n) is 22.2. The van der Waals surface area contributed by atoms with Gasteiger partial charge in [0.1, 0.15) is 0 Å². The van der Waals surface area contributed by atoms with Gasteiger partial charge in [-0.25, -0.2) is 0 Å². The first kappa shape index (κ1) is 41.5. The molecule has 2 aromatic heterocycles. The minimum atomic E-state index is -2.94. The molecule has 7 aromatic rings. The summed E-state index contributed by atoms with van der Waals surface area (Å²) in [5.41, 5.74) is 17.2. The Bertz CT molecular complexity index is 2540. The highest BCUT2D eigenvalue weighted by Gasteiger charge is 2.44. The second-order valence-electron chi connectivity index (χ2n) is 15.9. The highest BCUT2D eigenvalue weighted by Crippen LogP contribution is 2.45. The number of anilines is 3. The summed E-state index contributed by atoms with van der Waals surface area (Å²) in [7, 11) is -2.94. The number of rotatable bonds is 18. The van der Waals surface area contributed by atoms with Crippen LogP contribution in [0.3, 0.4) is 0 Å². The van der Waals surface area contributed by atoms with Crippen LogP contribution in [0.2, 0.25) is 0 Å². The van der Waals surface area contributed by atoms with E-state index in [4.69, 9.17) is 13.3 Å². The normalized spacial score (nSPS) is 12.8. The number of hydrogen-bond donors (Lipinski definition) is 0. The number of fused-ring (bicyclic) bond motifs is 6. The fraction of sp³-hybridized carbons (Fsp3) is 0.259. The molecule has 9 rings (SSSR count). The van der Waals surface area contributed by atoms with Crippen LogP contribution in [-0.2, 0) is 32.5 Å². The number of thiophene rings is 2. The molecule has 2 aliphatic carbocycles. The lowest BCUT2D eigenvalue weighted by Gasteiger charge is -2.27. The number of hydrogen-bond acceptors (Lipinski definition) is 6. The third kappa shape index (κ3) is 8.52. The van der Waals surface area contributed by atoms with Gasteiger partial charge in [-0.1, -0.05) is 99.0 Å². The van der Waals surface area contributed by atoms with E-state index in [2.05, 4.69) is 151 Å². The Hall–Kier alpha value is -4.86. The summed E-state index contributed by atoms with van der Waals surface area (Å²) < 4.78 is 19.7. The molecule has 0 radical (unpaired) electrons. The summed E-state index contributed by atoms with van der Waals surface area (Å²) in [4.78, 5) is 6.26. The van der Waals surface area contributed by atoms with E-state index >= 15 is 0 Å². The van der Waals surface area contributed by atoms with Gasteiger partial charge in [-0.3, -0.25) is 0 Å². The molecule has 0 unspecified atom stereocenters. The zero-order valence-electron chi connectivity index (χ0n) is 35.8. The van der Waals surface area contributed by atoms with Crippen LogP contribution in [0.5, 0.6) is 0 Å². The second kappa shape index (κ2) is 18.6. The van der Waals surface area contributed by atoms with Gasteiger partial charge in [-0.2, -0.15) is 0 Å². The first-order valence-corrected chi connectivity index (χ1v) is 25.5. The molecule has 4 nitrogen and oxygen atoms in total. The molecule has 0 atom stereocenters. The Morgan fingerprint density at radius 1 is 0.541 bits per heavy atom. The van der Waals surface area contributed by atoms with Crippen molar-refractivity contribution in [2.24, 2.45) is 0 Å². The average Bonchev–Trinajstić information content (AvgIpc) is 4.09. The van der Waals surface area contributed by atoms with Crippen molar-refractivity contribution >= 4 is 65.2 Å². The minimum Gasteiger partial charge on any atom is -0.370 e. The molecule has 61 heavy (non-hydrogen) atoms. The summed E-state index contributed by atoms with van der Waals surface area (Å²) in [6.45, 7) is 9.98. The predicted molar refractivity (Wildman–Crippen MR) is 262 cm³/mol. The molecular formula is C54H55NO3S2Si. The highest BCUT2D eigenvalue weighted by atomic mass is 32.1. The Morgan fingerprint density at radius 3 is 1.70 bits per heavy atom. The maximum atomic E-state index is 6.22. The quantitative estimate of drug-likeness (QED) is 0.0635. The van der Waals surface area contributed by atoms with Gasteiger partial charge in [0.25, 0.3) is 0 Å². The van der Waals surface area contributed by atoms with E-state index < -0.39 is 8.80 Å². The summed E-state index contributed by atoms with van der Waals surface area (Å²) in [5.74, 6) is 0. The maximum absolute atomic E-state index is 6.22. The molecule has 0 saturated heterocycles. The Balaban J connectivity index is 1.04. The molecule has 310 valence electrons. The summed E-state index contributed by atoms with van der Waals surface area (Å²) in [6.07, 6.45) is 12.6. The van der Waals surface area contributed by atoms with Crippen molar-refractivity contribution < 1.29 is 13.3 Å². The Labute approximate surface area is 371 Å². The van der Waals surface area contributed by atoms with Gasteiger partial charge in [0.2, 0.25) is 0 Å². The number of aryl methyl sites for hydroxylation is 1. The van der Waals surface area contributed by atoms with Gasteiger partial charge in [0, 0.05) is 51.5 Å². The summed E-state index contributed by atoms with van der Waals surface area (Å²) >= 11 is 3.61. The monoisotopic (exact) mass is 857 g/mol. The molecule has 0 amide bonds. The van der Waals surface area contributed by atoms with Crippen LogP contribution in [0.1, 0.15) is 90.9 Å². The molecule has 5 aromatic carbocycles. The molecule has 0 saturated carbocycles. The van der Waals surface area contributed by atoms with Crippen molar-refractivity contribution in [2.75, 3.05) is 24.7 Å². The zero-order valence-corrected chi connectivity index (χ0v) is 38.5. The van der Waals surface area contributed by atoms with Crippen molar-refractivity contribution in [3.8, 4) is 32.7 Å². The third-order valence-electron chi connectivity index (χ3n) is 12.0. The molecule has 2 aliphatic rings. The van der Waals surface area contributed by atoms with Gasteiger partial charge in [0.15, 0.2) is 0 Å². The topological polar surface area (TPSA) is 30.9 Å². The fourth-order valence-corrected chi connectivity index (χ4v) is 14.4. The number of benzene rings is 5. The number of unbranched alkanes of at least 4 members (excludes halogenated alkanes) is 3. The standard InChI is InChI=1S/C54H55NO3S2Si/c1-5-9-10-11-18-41-37-53(60-52(41)31-27-47-28-32-54(59-47)61(56-6-2,57-7-3)58-8-4)38-21-23-44(24-22-38)55(45-25-29-50-42(35-45)33-39-16-12-14-19-48(39)50)46-26-30-51-43(36-46)34-40-17-13-15-20-49(40)51/h12-17,19-32,35-37H,5-11,18,33-34H2,1-4H3/b31-27+. The molecule has 0 N–H and O–H groups in total. The molecule has 2 heterocycles. The van der Waals surface area contributed by atoms with Crippen molar-refractivity contribution in [2.45, 2.75) is 72.6 Å². The van der Waals surface area contributed by atoms with Crippen LogP contribution in [-0.4, -0.2) is 28.6 Å². The Kier molecular flexibility index (Phi) is 12.7. The van der Waals surface area contributed by atoms with Gasteiger partial charge in [0.05, 0.1) is 4.50 Å². The van der Waals surface area contributed by atoms with E-state index in [1.165, 1.54) is 107 Å². The van der Waals surface area contributed by atoms with Crippen LogP contribution in [0, 0.1) is 0 Å². The first-order chi connectivity index (χ1) is 30.0. The van der Waals surface area contributed by atoms with Gasteiger partial charge in [-0.15, -0.1) is 22.7 Å². The molecular weight excluding hydrogens is 803 g/mol. The van der Waals surface area contributed by atoms with Crippen molar-refractivity contribution in [3.63, 3.8) is 0 Å². The van der Waals surface area contributed by atoms with E-state index in [9.17, 15) is 0 Å². The third-order valence-corrected chi connectivity index (χ3v) is 17.8. The molecule has 0 aliphatic heterocycles. The van der Waals surface area contributed by atoms with Crippen LogP contribution >= 0.6 is 22.7 Å². The highest BCUT2D eigenvalue weighted by molar-refractivity contribution is 7.24. The molecule has 0 fully saturated rings. The van der Waals surface area contributed by atoms with E-state index in [0.717, 1.165) is 29.5 Å². The van der Waals surface area contributed by atoms with Gasteiger partial charge < -0.3 is 18.2 Å². The lowest BCUT2D eigenvalue weighted by atomic mass is 10.0. The fourth-order valence-electron chi connectivity index (χ4n) is 9.10. The van der Waals surface area contributed by atoms with Crippen molar-refractivity contribution in [1.82, 2.24) is 0 Å². The SMILES string of the molecule is CCCCCCc1cc(-c2ccc(N(c3ccc4c(c3)Cc3ccccc3-4)c3ccc4c(c3)Cc3ccccc3-4)cc2)sc1/C=C/c1ccc([Si](OCC)(OCC)OCC)s1. The predicted octanol–water partition coefficient (Wildman–Crippen LogP) is 14.6. The Morgan fingerprint density at radius 2 is 1.11 bits per heavy atom. The van der Waals surface area contributed by atoms with Crippen LogP contribution < -0.4 is 9.40 Å². The van der Waals surface area contributed by atoms with E-state index in [1.54, 1.807) is 11.3 Å². The van der Waals surface area contributed by atoms with Gasteiger partial charge >= 0.3 is 8.80 Å². The average molecular weight is 858 g/mol. The lowest BCUT2D eigenvalue weighted by molar-refractivity contribution is 0.0866. The largest absolute Gasteiger partial charge is 0.547 e. The van der Waals surface area contributed by atoms with E-state index in [-0.39, 0.29) is 0 Å². The van der Waals surface area contributed by atoms with Crippen LogP contribution in [0.25, 0.3) is 44.8 Å². The summed E-state index contributed by atoms with van der Waals surface area (Å²) in [6, 6.07) is 47.8.